The maximum atomic E-state index is 10.5. The lowest BCUT2D eigenvalue weighted by molar-refractivity contribution is -0.138. The summed E-state index contributed by atoms with van der Waals surface area (Å²) in [6.07, 6.45) is -0.265. The van der Waals surface area contributed by atoms with Gasteiger partial charge in [-0.25, -0.2) is 0 Å². The van der Waals surface area contributed by atoms with Gasteiger partial charge in [0.25, 0.3) is 0 Å². The highest BCUT2D eigenvalue weighted by Gasteiger charge is 2.25. The van der Waals surface area contributed by atoms with Crippen LogP contribution in [0.5, 0.6) is 0 Å². The number of halogens is 1. The third-order valence-corrected chi connectivity index (χ3v) is 3.80. The molecule has 0 aromatic carbocycles. The van der Waals surface area contributed by atoms with E-state index in [9.17, 15) is 9.59 Å². The molecular formula is C15H30ClN3O3. The topological polar surface area (TPSA) is 72.9 Å². The first-order valence-corrected chi connectivity index (χ1v) is 7.69. The molecule has 0 aliphatic carbocycles. The van der Waals surface area contributed by atoms with Crippen molar-refractivity contribution in [3.05, 3.63) is 0 Å². The van der Waals surface area contributed by atoms with E-state index < -0.39 is 0 Å². The van der Waals surface area contributed by atoms with Crippen molar-refractivity contribution in [2.75, 3.05) is 39.3 Å². The molecule has 3 fully saturated rings. The molecule has 3 heterocycles. The summed E-state index contributed by atoms with van der Waals surface area (Å²) >= 11 is 0. The Kier molecular flexibility index (Phi) is 9.64. The molecule has 0 spiro atoms. The van der Waals surface area contributed by atoms with Crippen LogP contribution in [0, 0.1) is 11.8 Å². The van der Waals surface area contributed by atoms with Gasteiger partial charge in [0, 0.05) is 40.0 Å². The minimum absolute atomic E-state index is 0. The third kappa shape index (κ3) is 7.42. The highest BCUT2D eigenvalue weighted by Crippen LogP contribution is 2.13. The van der Waals surface area contributed by atoms with Gasteiger partial charge >= 0.3 is 0 Å². The van der Waals surface area contributed by atoms with Crippen LogP contribution in [-0.2, 0) is 9.59 Å². The van der Waals surface area contributed by atoms with Gasteiger partial charge in [-0.15, -0.1) is 12.4 Å². The summed E-state index contributed by atoms with van der Waals surface area (Å²) in [5.41, 5.74) is 0. The van der Waals surface area contributed by atoms with E-state index in [1.54, 1.807) is 11.8 Å². The number of hydrogen-bond acceptors (Lipinski definition) is 4. The monoisotopic (exact) mass is 335 g/mol. The standard InChI is InChI=1S/C6H11NO.C5H9NO2.C4H9N.ClH/c1-5-3-7(4-5)6(2)8;1-4(7)6-2-5(8)3-6;1-4-2-5-3-4;/h5H,3-4H2,1-2H3;5,8H,2-3H2,1H3;4-5H,2-3H2,1H3;1H. The van der Waals surface area contributed by atoms with Gasteiger partial charge in [0.15, 0.2) is 0 Å². The lowest BCUT2D eigenvalue weighted by atomic mass is 10.0. The first-order chi connectivity index (χ1) is 9.79. The zero-order chi connectivity index (χ0) is 16.0. The Morgan fingerprint density at radius 3 is 1.36 bits per heavy atom. The molecule has 3 saturated heterocycles. The van der Waals surface area contributed by atoms with Gasteiger partial charge in [-0.3, -0.25) is 9.59 Å². The predicted octanol–water partition coefficient (Wildman–Crippen LogP) is 0.342. The molecule has 3 rings (SSSR count). The van der Waals surface area contributed by atoms with Crippen LogP contribution in [0.15, 0.2) is 0 Å². The molecular weight excluding hydrogens is 306 g/mol. The number of β-amino-alcohol motifs (C(OH)–C–C–N with tert-alkyl or cyclic N) is 1. The minimum atomic E-state index is -0.265. The Hall–Kier alpha value is -0.850. The molecule has 6 nitrogen and oxygen atoms in total. The summed E-state index contributed by atoms with van der Waals surface area (Å²) in [5, 5.41) is 11.8. The van der Waals surface area contributed by atoms with E-state index in [2.05, 4.69) is 19.2 Å². The van der Waals surface area contributed by atoms with E-state index >= 15 is 0 Å². The molecule has 0 unspecified atom stereocenters. The van der Waals surface area contributed by atoms with Gasteiger partial charge in [-0.05, 0) is 24.9 Å². The molecule has 0 saturated carbocycles. The molecule has 0 atom stereocenters. The van der Waals surface area contributed by atoms with Gasteiger partial charge in [0.2, 0.25) is 11.8 Å². The molecule has 130 valence electrons. The molecule has 0 radical (unpaired) electrons. The van der Waals surface area contributed by atoms with Crippen molar-refractivity contribution in [2.45, 2.75) is 33.8 Å². The first kappa shape index (κ1) is 21.1. The molecule has 3 aliphatic heterocycles. The van der Waals surface area contributed by atoms with Crippen LogP contribution in [0.3, 0.4) is 0 Å². The molecule has 22 heavy (non-hydrogen) atoms. The third-order valence-electron chi connectivity index (χ3n) is 3.80. The molecule has 7 heteroatoms. The summed E-state index contributed by atoms with van der Waals surface area (Å²) in [6, 6.07) is 0. The second kappa shape index (κ2) is 10.0. The Balaban J connectivity index is 0.000000302. The Bertz CT molecular complexity index is 324. The van der Waals surface area contributed by atoms with Crippen molar-refractivity contribution in [2.24, 2.45) is 11.8 Å². The highest BCUT2D eigenvalue weighted by molar-refractivity contribution is 5.85. The fraction of sp³-hybridized carbons (Fsp3) is 0.867. The van der Waals surface area contributed by atoms with Crippen molar-refractivity contribution >= 4 is 24.2 Å². The maximum Gasteiger partial charge on any atom is 0.219 e. The molecule has 2 N–H and O–H groups in total. The van der Waals surface area contributed by atoms with E-state index in [1.807, 2.05) is 4.90 Å². The second-order valence-corrected chi connectivity index (χ2v) is 6.37. The van der Waals surface area contributed by atoms with E-state index in [0.29, 0.717) is 13.1 Å². The zero-order valence-corrected chi connectivity index (χ0v) is 14.9. The van der Waals surface area contributed by atoms with Crippen LogP contribution in [0.4, 0.5) is 0 Å². The number of likely N-dealkylation sites (tertiary alicyclic amines) is 2. The Labute approximate surface area is 139 Å². The number of carbonyl (C=O) groups excluding carboxylic acids is 2. The fourth-order valence-electron chi connectivity index (χ4n) is 2.10. The fourth-order valence-corrected chi connectivity index (χ4v) is 2.10. The van der Waals surface area contributed by atoms with E-state index in [0.717, 1.165) is 24.9 Å². The number of aliphatic hydroxyl groups is 1. The lowest BCUT2D eigenvalue weighted by Crippen LogP contribution is -2.52. The first-order valence-electron chi connectivity index (χ1n) is 7.69. The van der Waals surface area contributed by atoms with Crippen LogP contribution >= 0.6 is 12.4 Å². The quantitative estimate of drug-likeness (QED) is 0.669. The van der Waals surface area contributed by atoms with Crippen LogP contribution in [0.1, 0.15) is 27.7 Å². The maximum absolute atomic E-state index is 10.5. The molecule has 0 aromatic rings. The number of nitrogens with zero attached hydrogens (tertiary/aromatic N) is 2. The van der Waals surface area contributed by atoms with E-state index in [4.69, 9.17) is 5.11 Å². The van der Waals surface area contributed by atoms with Crippen molar-refractivity contribution < 1.29 is 14.7 Å². The number of rotatable bonds is 0. The summed E-state index contributed by atoms with van der Waals surface area (Å²) in [6.45, 7) is 13.0. The number of amides is 2. The van der Waals surface area contributed by atoms with Gasteiger partial charge in [0.1, 0.15) is 0 Å². The smallest absolute Gasteiger partial charge is 0.219 e. The summed E-state index contributed by atoms with van der Waals surface area (Å²) in [7, 11) is 0. The average molecular weight is 336 g/mol. The number of nitrogens with one attached hydrogen (secondary N) is 1. The molecule has 2 amide bonds. The van der Waals surface area contributed by atoms with Crippen LogP contribution in [0.25, 0.3) is 0 Å². The van der Waals surface area contributed by atoms with Crippen LogP contribution in [0.2, 0.25) is 0 Å². The zero-order valence-electron chi connectivity index (χ0n) is 14.0. The Morgan fingerprint density at radius 2 is 1.27 bits per heavy atom. The lowest BCUT2D eigenvalue weighted by Gasteiger charge is -2.36. The van der Waals surface area contributed by atoms with Crippen molar-refractivity contribution in [1.29, 1.82) is 0 Å². The highest BCUT2D eigenvalue weighted by atomic mass is 35.5. The summed E-state index contributed by atoms with van der Waals surface area (Å²) in [4.78, 5) is 24.3. The van der Waals surface area contributed by atoms with Crippen molar-refractivity contribution in [1.82, 2.24) is 15.1 Å². The van der Waals surface area contributed by atoms with Gasteiger partial charge in [-0.1, -0.05) is 13.8 Å². The van der Waals surface area contributed by atoms with Crippen molar-refractivity contribution in [3.63, 3.8) is 0 Å². The van der Waals surface area contributed by atoms with Gasteiger partial charge < -0.3 is 20.2 Å². The number of aliphatic hydroxyl groups excluding tert-OH is 1. The minimum Gasteiger partial charge on any atom is -0.389 e. The normalized spacial score (nSPS) is 20.8. The second-order valence-electron chi connectivity index (χ2n) is 6.37. The van der Waals surface area contributed by atoms with E-state index in [-0.39, 0.29) is 30.3 Å². The molecule has 0 aromatic heterocycles. The number of hydrogen-bond donors (Lipinski definition) is 2. The van der Waals surface area contributed by atoms with Gasteiger partial charge in [0.05, 0.1) is 6.10 Å². The largest absolute Gasteiger partial charge is 0.389 e. The molecule has 3 aliphatic rings. The Morgan fingerprint density at radius 1 is 0.909 bits per heavy atom. The predicted molar refractivity (Wildman–Crippen MR) is 89.0 cm³/mol. The average Bonchev–Trinajstić information content (AvgIpc) is 2.29. The number of carbonyl (C=O) groups is 2. The SMILES string of the molecule is CC(=O)N1CC(C)C1.CC(=O)N1CC(O)C1.CC1CNC1.Cl. The van der Waals surface area contributed by atoms with E-state index in [1.165, 1.54) is 20.0 Å². The van der Waals surface area contributed by atoms with Crippen LogP contribution < -0.4 is 5.32 Å². The summed E-state index contributed by atoms with van der Waals surface area (Å²) in [5.74, 6) is 1.95. The summed E-state index contributed by atoms with van der Waals surface area (Å²) < 4.78 is 0. The van der Waals surface area contributed by atoms with Crippen molar-refractivity contribution in [3.8, 4) is 0 Å². The molecule has 0 bridgehead atoms. The van der Waals surface area contributed by atoms with Gasteiger partial charge in [-0.2, -0.15) is 0 Å². The van der Waals surface area contributed by atoms with Crippen LogP contribution in [-0.4, -0.2) is 72.1 Å².